The lowest BCUT2D eigenvalue weighted by Gasteiger charge is -2.31. The van der Waals surface area contributed by atoms with Gasteiger partial charge in [0.05, 0.1) is 17.3 Å². The van der Waals surface area contributed by atoms with E-state index in [2.05, 4.69) is 17.3 Å². The Morgan fingerprint density at radius 2 is 2.32 bits per heavy atom. The van der Waals surface area contributed by atoms with Gasteiger partial charge in [-0.1, -0.05) is 6.07 Å². The molecule has 1 N–H and O–H groups in total. The highest BCUT2D eigenvalue weighted by Crippen LogP contribution is 2.14. The zero-order valence-corrected chi connectivity index (χ0v) is 11.6. The number of fused-ring (bicyclic) bond motifs is 1. The van der Waals surface area contributed by atoms with Gasteiger partial charge >= 0.3 is 0 Å². The van der Waals surface area contributed by atoms with Crippen molar-refractivity contribution in [3.05, 3.63) is 36.2 Å². The largest absolute Gasteiger partial charge is 0.336 e. The van der Waals surface area contributed by atoms with Gasteiger partial charge in [0.25, 0.3) is 5.91 Å². The number of pyridine rings is 1. The number of halogens is 1. The van der Waals surface area contributed by atoms with Gasteiger partial charge in [0.1, 0.15) is 0 Å². The molecule has 19 heavy (non-hydrogen) atoms. The molecular formula is C13H17ClN4O. The molecule has 6 heteroatoms. The maximum Gasteiger partial charge on any atom is 0.257 e. The van der Waals surface area contributed by atoms with E-state index in [0.29, 0.717) is 11.6 Å². The van der Waals surface area contributed by atoms with E-state index in [0.717, 1.165) is 25.2 Å². The SMILES string of the molecule is C[C@@H]1CN(C(=O)c2cnn3ccccc23)CCN1.Cl. The normalized spacial score (nSPS) is 19.2. The van der Waals surface area contributed by atoms with Gasteiger partial charge in [0, 0.05) is 31.9 Å². The Hall–Kier alpha value is -1.59. The van der Waals surface area contributed by atoms with Crippen molar-refractivity contribution in [3.63, 3.8) is 0 Å². The van der Waals surface area contributed by atoms with E-state index in [1.807, 2.05) is 29.3 Å². The maximum atomic E-state index is 12.5. The molecule has 2 aromatic rings. The summed E-state index contributed by atoms with van der Waals surface area (Å²) < 4.78 is 1.73. The third kappa shape index (κ3) is 2.57. The number of hydrogen-bond donors (Lipinski definition) is 1. The first-order valence-corrected chi connectivity index (χ1v) is 6.21. The fourth-order valence-corrected chi connectivity index (χ4v) is 2.39. The van der Waals surface area contributed by atoms with Crippen molar-refractivity contribution in [2.45, 2.75) is 13.0 Å². The van der Waals surface area contributed by atoms with Crippen molar-refractivity contribution in [1.29, 1.82) is 0 Å². The Morgan fingerprint density at radius 1 is 1.47 bits per heavy atom. The van der Waals surface area contributed by atoms with E-state index in [1.165, 1.54) is 0 Å². The average molecular weight is 281 g/mol. The number of amides is 1. The second-order valence-electron chi connectivity index (χ2n) is 4.70. The number of rotatable bonds is 1. The first-order chi connectivity index (χ1) is 8.75. The molecular weight excluding hydrogens is 264 g/mol. The van der Waals surface area contributed by atoms with Gasteiger partial charge in [-0.15, -0.1) is 12.4 Å². The molecule has 1 aliphatic heterocycles. The van der Waals surface area contributed by atoms with Crippen LogP contribution in [0.2, 0.25) is 0 Å². The highest BCUT2D eigenvalue weighted by atomic mass is 35.5. The van der Waals surface area contributed by atoms with Gasteiger partial charge in [-0.05, 0) is 19.1 Å². The fraction of sp³-hybridized carbons (Fsp3) is 0.385. The van der Waals surface area contributed by atoms with Crippen molar-refractivity contribution in [1.82, 2.24) is 19.8 Å². The quantitative estimate of drug-likeness (QED) is 0.854. The van der Waals surface area contributed by atoms with Crippen molar-refractivity contribution in [2.75, 3.05) is 19.6 Å². The Labute approximate surface area is 118 Å². The first kappa shape index (κ1) is 13.8. The lowest BCUT2D eigenvalue weighted by molar-refractivity contribution is 0.0711. The minimum atomic E-state index is 0. The minimum absolute atomic E-state index is 0. The Morgan fingerprint density at radius 3 is 3.11 bits per heavy atom. The summed E-state index contributed by atoms with van der Waals surface area (Å²) >= 11 is 0. The number of aromatic nitrogens is 2. The van der Waals surface area contributed by atoms with Crippen LogP contribution in [-0.2, 0) is 0 Å². The molecule has 0 bridgehead atoms. The average Bonchev–Trinajstić information content (AvgIpc) is 2.82. The molecule has 0 saturated carbocycles. The number of piperazine rings is 1. The van der Waals surface area contributed by atoms with Crippen LogP contribution in [0.1, 0.15) is 17.3 Å². The van der Waals surface area contributed by atoms with Gasteiger partial charge in [0.15, 0.2) is 0 Å². The van der Waals surface area contributed by atoms with Crippen LogP contribution in [0.5, 0.6) is 0 Å². The second kappa shape index (κ2) is 5.59. The summed E-state index contributed by atoms with van der Waals surface area (Å²) in [6, 6.07) is 6.10. The molecule has 2 aromatic heterocycles. The number of nitrogens with one attached hydrogen (secondary N) is 1. The van der Waals surface area contributed by atoms with E-state index in [-0.39, 0.29) is 18.3 Å². The van der Waals surface area contributed by atoms with E-state index >= 15 is 0 Å². The first-order valence-electron chi connectivity index (χ1n) is 6.21. The van der Waals surface area contributed by atoms with Crippen LogP contribution < -0.4 is 5.32 Å². The molecule has 1 fully saturated rings. The van der Waals surface area contributed by atoms with Crippen molar-refractivity contribution < 1.29 is 4.79 Å². The van der Waals surface area contributed by atoms with E-state index in [9.17, 15) is 4.79 Å². The Balaban J connectivity index is 0.00000133. The minimum Gasteiger partial charge on any atom is -0.336 e. The highest BCUT2D eigenvalue weighted by molar-refractivity contribution is 6.00. The van der Waals surface area contributed by atoms with E-state index in [1.54, 1.807) is 10.7 Å². The van der Waals surface area contributed by atoms with E-state index in [4.69, 9.17) is 0 Å². The van der Waals surface area contributed by atoms with Crippen LogP contribution in [-0.4, -0.2) is 46.1 Å². The highest BCUT2D eigenvalue weighted by Gasteiger charge is 2.23. The lowest BCUT2D eigenvalue weighted by atomic mass is 10.2. The standard InChI is InChI=1S/C13H16N4O.ClH/c1-10-9-16(7-5-14-10)13(18)11-8-15-17-6-3-2-4-12(11)17;/h2-4,6,8,10,14H,5,7,9H2,1H3;1H/t10-;/m1./s1. The van der Waals surface area contributed by atoms with Gasteiger partial charge in [-0.25, -0.2) is 4.52 Å². The van der Waals surface area contributed by atoms with Gasteiger partial charge in [0.2, 0.25) is 0 Å². The topological polar surface area (TPSA) is 49.6 Å². The van der Waals surface area contributed by atoms with Crippen LogP contribution in [0.4, 0.5) is 0 Å². The molecule has 1 atom stereocenters. The summed E-state index contributed by atoms with van der Waals surface area (Å²) in [7, 11) is 0. The molecule has 3 heterocycles. The second-order valence-corrected chi connectivity index (χ2v) is 4.70. The van der Waals surface area contributed by atoms with Gasteiger partial charge in [-0.2, -0.15) is 5.10 Å². The summed E-state index contributed by atoms with van der Waals surface area (Å²) in [5.41, 5.74) is 1.55. The molecule has 1 saturated heterocycles. The molecule has 102 valence electrons. The molecule has 3 rings (SSSR count). The molecule has 0 unspecified atom stereocenters. The van der Waals surface area contributed by atoms with Crippen molar-refractivity contribution >= 4 is 23.8 Å². The molecule has 1 aliphatic rings. The molecule has 0 spiro atoms. The Bertz CT molecular complexity index is 583. The van der Waals surface area contributed by atoms with Crippen molar-refractivity contribution in [2.24, 2.45) is 0 Å². The van der Waals surface area contributed by atoms with Crippen molar-refractivity contribution in [3.8, 4) is 0 Å². The monoisotopic (exact) mass is 280 g/mol. The number of nitrogens with zero attached hydrogens (tertiary/aromatic N) is 3. The Kier molecular flexibility index (Phi) is 4.07. The number of carbonyl (C=O) groups excluding carboxylic acids is 1. The van der Waals surface area contributed by atoms with Crippen LogP contribution in [0.3, 0.4) is 0 Å². The summed E-state index contributed by atoms with van der Waals surface area (Å²) in [5.74, 6) is 0.0737. The van der Waals surface area contributed by atoms with Crippen LogP contribution in [0, 0.1) is 0 Å². The van der Waals surface area contributed by atoms with Crippen LogP contribution >= 0.6 is 12.4 Å². The number of hydrogen-bond acceptors (Lipinski definition) is 3. The van der Waals surface area contributed by atoms with Gasteiger partial charge in [-0.3, -0.25) is 4.79 Å². The zero-order chi connectivity index (χ0) is 12.5. The molecule has 1 amide bonds. The van der Waals surface area contributed by atoms with Crippen LogP contribution in [0.25, 0.3) is 5.52 Å². The molecule has 0 aliphatic carbocycles. The van der Waals surface area contributed by atoms with Crippen LogP contribution in [0.15, 0.2) is 30.6 Å². The molecule has 0 aromatic carbocycles. The fourth-order valence-electron chi connectivity index (χ4n) is 2.39. The molecule has 0 radical (unpaired) electrons. The zero-order valence-electron chi connectivity index (χ0n) is 10.7. The van der Waals surface area contributed by atoms with E-state index < -0.39 is 0 Å². The summed E-state index contributed by atoms with van der Waals surface area (Å²) in [6.07, 6.45) is 3.51. The predicted molar refractivity (Wildman–Crippen MR) is 75.8 cm³/mol. The van der Waals surface area contributed by atoms with Gasteiger partial charge < -0.3 is 10.2 Å². The maximum absolute atomic E-state index is 12.5. The predicted octanol–water partition coefficient (Wildman–Crippen LogP) is 1.19. The molecule has 5 nitrogen and oxygen atoms in total. The lowest BCUT2D eigenvalue weighted by Crippen LogP contribution is -2.51. The third-order valence-corrected chi connectivity index (χ3v) is 3.31. The summed E-state index contributed by atoms with van der Waals surface area (Å²) in [6.45, 7) is 4.46. The summed E-state index contributed by atoms with van der Waals surface area (Å²) in [4.78, 5) is 14.4. The smallest absolute Gasteiger partial charge is 0.257 e. The third-order valence-electron chi connectivity index (χ3n) is 3.31. The summed E-state index contributed by atoms with van der Waals surface area (Å²) in [5, 5.41) is 7.54. The number of carbonyl (C=O) groups is 1.